The van der Waals surface area contributed by atoms with Crippen LogP contribution in [0.5, 0.6) is 0 Å². The molecule has 1 aliphatic heterocycles. The van der Waals surface area contributed by atoms with Gasteiger partial charge in [-0.1, -0.05) is 27.2 Å². The van der Waals surface area contributed by atoms with Crippen molar-refractivity contribution in [3.63, 3.8) is 0 Å². The monoisotopic (exact) mass is 487 g/mol. The van der Waals surface area contributed by atoms with Crippen LogP contribution in [0.2, 0.25) is 0 Å². The molecule has 1 aromatic carbocycles. The van der Waals surface area contributed by atoms with Crippen LogP contribution >= 0.6 is 0 Å². The summed E-state index contributed by atoms with van der Waals surface area (Å²) in [6.45, 7) is 9.01. The molecule has 0 saturated heterocycles. The molecule has 0 unspecified atom stereocenters. The molecule has 0 radical (unpaired) electrons. The molecule has 0 bridgehead atoms. The van der Waals surface area contributed by atoms with Crippen molar-refractivity contribution in [2.45, 2.75) is 70.7 Å². The molecule has 34 heavy (non-hydrogen) atoms. The predicted octanol–water partition coefficient (Wildman–Crippen LogP) is 3.08. The second-order valence-corrected chi connectivity index (χ2v) is 11.4. The van der Waals surface area contributed by atoms with Crippen LogP contribution in [0.3, 0.4) is 0 Å². The number of hydrogen-bond donors (Lipinski definition) is 2. The van der Waals surface area contributed by atoms with Crippen LogP contribution in [0.1, 0.15) is 68.4 Å². The maximum absolute atomic E-state index is 12.3. The molecule has 3 aromatic rings. The number of nitrogens with zero attached hydrogens (tertiary/aromatic N) is 5. The van der Waals surface area contributed by atoms with E-state index in [1.54, 1.807) is 18.3 Å². The summed E-state index contributed by atoms with van der Waals surface area (Å²) in [6.07, 6.45) is 3.84. The lowest BCUT2D eigenvalue weighted by Gasteiger charge is -2.38. The molecule has 2 atom stereocenters. The Morgan fingerprint density at radius 2 is 1.94 bits per heavy atom. The molecule has 0 spiro atoms. The normalized spacial score (nSPS) is 17.4. The minimum Gasteiger partial charge on any atom is -0.392 e. The molecule has 4 rings (SSSR count). The molecule has 9 nitrogen and oxygen atoms in total. The van der Waals surface area contributed by atoms with E-state index in [1.165, 1.54) is 0 Å². The fraction of sp³-hybridized carbons (Fsp3) is 0.542. The van der Waals surface area contributed by atoms with Gasteiger partial charge in [0, 0.05) is 36.8 Å². The lowest BCUT2D eigenvalue weighted by molar-refractivity contribution is 0.165. The number of aliphatic hydroxyl groups excluding tert-OH is 2. The van der Waals surface area contributed by atoms with Crippen molar-refractivity contribution in [1.29, 1.82) is 0 Å². The van der Waals surface area contributed by atoms with E-state index in [-0.39, 0.29) is 23.5 Å². The number of aryl methyl sites for hydroxylation is 1. The second-order valence-electron chi connectivity index (χ2n) is 9.40. The highest BCUT2D eigenvalue weighted by Crippen LogP contribution is 2.37. The SMILES string of the molecule is CCC[C@@H](O)c1cnc(N2CCn3c(nc4cc(CO)c(S(C)(=O)=O)cc43)[C@H]2C(C)C)nc1C. The van der Waals surface area contributed by atoms with Crippen LogP contribution in [0, 0.1) is 12.8 Å². The Hall–Kier alpha value is -2.56. The Morgan fingerprint density at radius 3 is 2.53 bits per heavy atom. The summed E-state index contributed by atoms with van der Waals surface area (Å²) < 4.78 is 26.7. The Kier molecular flexibility index (Phi) is 6.67. The number of hydrogen-bond acceptors (Lipinski definition) is 8. The quantitative estimate of drug-likeness (QED) is 0.521. The highest BCUT2D eigenvalue weighted by molar-refractivity contribution is 7.90. The van der Waals surface area contributed by atoms with Crippen LogP contribution in [0.4, 0.5) is 5.95 Å². The number of sulfone groups is 1. The van der Waals surface area contributed by atoms with E-state index in [9.17, 15) is 18.6 Å². The standard InChI is InChI=1S/C24H33N5O4S/c1-6-7-20(31)17-12-25-24(26-15(17)4)29-9-8-28-19-11-21(34(5,32)33)16(13-30)10-18(19)27-23(28)22(29)14(2)3/h10-12,14,20,22,30-31H,6-9,13H2,1-5H3/t20-,22-/m1/s1. The van der Waals surface area contributed by atoms with E-state index >= 15 is 0 Å². The van der Waals surface area contributed by atoms with Gasteiger partial charge in [0.2, 0.25) is 5.95 Å². The molecule has 0 aliphatic carbocycles. The fourth-order valence-electron chi connectivity index (χ4n) is 4.87. The van der Waals surface area contributed by atoms with Crippen LogP contribution in [-0.2, 0) is 23.0 Å². The Morgan fingerprint density at radius 1 is 1.21 bits per heavy atom. The van der Waals surface area contributed by atoms with E-state index in [0.717, 1.165) is 35.3 Å². The van der Waals surface area contributed by atoms with Gasteiger partial charge in [-0.2, -0.15) is 0 Å². The summed E-state index contributed by atoms with van der Waals surface area (Å²) in [5.74, 6) is 1.59. The van der Waals surface area contributed by atoms with Gasteiger partial charge in [-0.05, 0) is 37.0 Å². The Labute approximate surface area is 200 Å². The Balaban J connectivity index is 1.80. The summed E-state index contributed by atoms with van der Waals surface area (Å²) in [5, 5.41) is 20.2. The molecule has 2 aromatic heterocycles. The van der Waals surface area contributed by atoms with E-state index in [2.05, 4.69) is 28.3 Å². The first-order valence-corrected chi connectivity index (χ1v) is 13.6. The molecular formula is C24H33N5O4S. The molecule has 1 aliphatic rings. The largest absolute Gasteiger partial charge is 0.392 e. The topological polar surface area (TPSA) is 121 Å². The van der Waals surface area contributed by atoms with Crippen molar-refractivity contribution in [2.24, 2.45) is 5.92 Å². The number of aromatic nitrogens is 4. The van der Waals surface area contributed by atoms with Crippen molar-refractivity contribution in [3.05, 3.63) is 41.0 Å². The van der Waals surface area contributed by atoms with Crippen molar-refractivity contribution < 1.29 is 18.6 Å². The molecule has 0 fully saturated rings. The number of aliphatic hydroxyl groups is 2. The molecule has 0 saturated carbocycles. The molecule has 0 amide bonds. The second kappa shape index (κ2) is 9.24. The van der Waals surface area contributed by atoms with Crippen LogP contribution in [0.15, 0.2) is 23.2 Å². The van der Waals surface area contributed by atoms with Crippen molar-refractivity contribution in [2.75, 3.05) is 17.7 Å². The molecular weight excluding hydrogens is 454 g/mol. The number of benzene rings is 1. The lowest BCUT2D eigenvalue weighted by atomic mass is 10.00. The van der Waals surface area contributed by atoms with Gasteiger partial charge >= 0.3 is 0 Å². The Bertz CT molecular complexity index is 1320. The van der Waals surface area contributed by atoms with Gasteiger partial charge in [0.1, 0.15) is 5.82 Å². The predicted molar refractivity (Wildman–Crippen MR) is 130 cm³/mol. The van der Waals surface area contributed by atoms with Crippen molar-refractivity contribution in [3.8, 4) is 0 Å². The number of fused-ring (bicyclic) bond motifs is 3. The van der Waals surface area contributed by atoms with Crippen molar-refractivity contribution >= 4 is 26.8 Å². The summed E-state index contributed by atoms with van der Waals surface area (Å²) in [5.41, 5.74) is 3.27. The minimum atomic E-state index is -3.50. The zero-order valence-corrected chi connectivity index (χ0v) is 21.2. The number of anilines is 1. The van der Waals surface area contributed by atoms with Crippen molar-refractivity contribution in [1.82, 2.24) is 19.5 Å². The highest BCUT2D eigenvalue weighted by atomic mass is 32.2. The third kappa shape index (κ3) is 4.30. The molecule has 10 heteroatoms. The third-order valence-electron chi connectivity index (χ3n) is 6.51. The summed E-state index contributed by atoms with van der Waals surface area (Å²) in [4.78, 5) is 16.5. The maximum Gasteiger partial charge on any atom is 0.226 e. The fourth-order valence-corrected chi connectivity index (χ4v) is 5.80. The number of imidazole rings is 1. The smallest absolute Gasteiger partial charge is 0.226 e. The van der Waals surface area contributed by atoms with Gasteiger partial charge in [0.15, 0.2) is 9.84 Å². The summed E-state index contributed by atoms with van der Waals surface area (Å²) >= 11 is 0. The van der Waals surface area contributed by atoms with Gasteiger partial charge in [-0.3, -0.25) is 0 Å². The zero-order valence-electron chi connectivity index (χ0n) is 20.4. The first-order valence-electron chi connectivity index (χ1n) is 11.7. The first kappa shape index (κ1) is 24.6. The number of rotatable bonds is 7. The van der Waals surface area contributed by atoms with E-state index in [1.807, 2.05) is 13.8 Å². The zero-order chi connectivity index (χ0) is 24.8. The van der Waals surface area contributed by atoms with Crippen LogP contribution in [-0.4, -0.2) is 51.0 Å². The van der Waals surface area contributed by atoms with Gasteiger partial charge in [-0.15, -0.1) is 0 Å². The van der Waals surface area contributed by atoms with Crippen LogP contribution < -0.4 is 4.90 Å². The van der Waals surface area contributed by atoms with Gasteiger partial charge in [-0.25, -0.2) is 23.4 Å². The average molecular weight is 488 g/mol. The van der Waals surface area contributed by atoms with E-state index in [0.29, 0.717) is 36.5 Å². The first-order chi connectivity index (χ1) is 16.1. The van der Waals surface area contributed by atoms with E-state index < -0.39 is 15.9 Å². The lowest BCUT2D eigenvalue weighted by Crippen LogP contribution is -2.42. The molecule has 184 valence electrons. The molecule has 2 N–H and O–H groups in total. The van der Waals surface area contributed by atoms with Gasteiger partial charge < -0.3 is 19.7 Å². The maximum atomic E-state index is 12.3. The summed E-state index contributed by atoms with van der Waals surface area (Å²) in [6, 6.07) is 3.18. The average Bonchev–Trinajstić information content (AvgIpc) is 3.14. The van der Waals surface area contributed by atoms with Gasteiger partial charge in [0.05, 0.1) is 34.7 Å². The molecule has 3 heterocycles. The summed E-state index contributed by atoms with van der Waals surface area (Å²) in [7, 11) is -3.50. The van der Waals surface area contributed by atoms with E-state index in [4.69, 9.17) is 9.97 Å². The highest BCUT2D eigenvalue weighted by Gasteiger charge is 2.35. The van der Waals surface area contributed by atoms with Crippen LogP contribution in [0.25, 0.3) is 11.0 Å². The van der Waals surface area contributed by atoms with Gasteiger partial charge in [0.25, 0.3) is 0 Å². The third-order valence-corrected chi connectivity index (χ3v) is 7.69. The minimum absolute atomic E-state index is 0.119.